The molecule has 1 amide bonds. The molecule has 0 bridgehead atoms. The zero-order chi connectivity index (χ0) is 23.0. The zero-order valence-electron chi connectivity index (χ0n) is 17.7. The van der Waals surface area contributed by atoms with Gasteiger partial charge in [-0.3, -0.25) is 4.79 Å². The first-order valence-corrected chi connectivity index (χ1v) is 10.6. The number of aromatic nitrogens is 2. The summed E-state index contributed by atoms with van der Waals surface area (Å²) in [6, 6.07) is 3.90. The van der Waals surface area contributed by atoms with Crippen molar-refractivity contribution in [2.75, 3.05) is 31.1 Å². The molecule has 2 aliphatic rings. The Balaban J connectivity index is 1.36. The number of benzene rings is 1. The second-order valence-corrected chi connectivity index (χ2v) is 8.47. The molecule has 0 unspecified atom stereocenters. The highest BCUT2D eigenvalue weighted by atomic mass is 19.4. The monoisotopic (exact) mass is 449 g/mol. The number of carbonyl (C=O) groups excluding carboxylic acids is 1. The number of aliphatic hydroxyl groups is 1. The molecule has 3 atom stereocenters. The van der Waals surface area contributed by atoms with Gasteiger partial charge in [-0.2, -0.15) is 13.2 Å². The quantitative estimate of drug-likeness (QED) is 0.744. The molecule has 10 heteroatoms. The number of rotatable bonds is 4. The predicted molar refractivity (Wildman–Crippen MR) is 112 cm³/mol. The van der Waals surface area contributed by atoms with Gasteiger partial charge in [-0.1, -0.05) is 19.1 Å². The number of aliphatic hydroxyl groups excluding tert-OH is 1. The Labute approximate surface area is 184 Å². The van der Waals surface area contributed by atoms with Crippen LogP contribution in [0.3, 0.4) is 0 Å². The van der Waals surface area contributed by atoms with Crippen molar-refractivity contribution in [3.8, 4) is 0 Å². The summed E-state index contributed by atoms with van der Waals surface area (Å²) in [5, 5.41) is 10.2. The number of fused-ring (bicyclic) bond motifs is 1. The van der Waals surface area contributed by atoms with Crippen LogP contribution in [0, 0.1) is 0 Å². The van der Waals surface area contributed by atoms with Crippen LogP contribution in [0.1, 0.15) is 47.8 Å². The van der Waals surface area contributed by atoms with Crippen LogP contribution in [0.15, 0.2) is 30.6 Å². The molecular weight excluding hydrogens is 423 g/mol. The Morgan fingerprint density at radius 2 is 1.84 bits per heavy atom. The van der Waals surface area contributed by atoms with E-state index in [1.807, 2.05) is 6.92 Å². The number of alkyl halides is 3. The van der Waals surface area contributed by atoms with Crippen molar-refractivity contribution in [3.63, 3.8) is 0 Å². The van der Waals surface area contributed by atoms with Gasteiger partial charge >= 0.3 is 6.18 Å². The molecule has 3 N–H and O–H groups in total. The fourth-order valence-corrected chi connectivity index (χ4v) is 4.50. The van der Waals surface area contributed by atoms with Gasteiger partial charge in [-0.15, -0.1) is 0 Å². The molecule has 2 aromatic rings. The van der Waals surface area contributed by atoms with E-state index < -0.39 is 23.9 Å². The predicted octanol–water partition coefficient (Wildman–Crippen LogP) is 2.25. The van der Waals surface area contributed by atoms with Gasteiger partial charge in [-0.05, 0) is 36.5 Å². The zero-order valence-corrected chi connectivity index (χ0v) is 17.7. The summed E-state index contributed by atoms with van der Waals surface area (Å²) in [5.74, 6) is 0.745. The Morgan fingerprint density at radius 1 is 1.19 bits per heavy atom. The van der Waals surface area contributed by atoms with Crippen LogP contribution in [0.2, 0.25) is 0 Å². The van der Waals surface area contributed by atoms with Crippen molar-refractivity contribution in [2.45, 2.75) is 44.0 Å². The molecule has 172 valence electrons. The van der Waals surface area contributed by atoms with E-state index in [0.29, 0.717) is 43.9 Å². The summed E-state index contributed by atoms with van der Waals surface area (Å²) in [7, 11) is 0. The lowest BCUT2D eigenvalue weighted by Crippen LogP contribution is -2.54. The van der Waals surface area contributed by atoms with E-state index in [0.717, 1.165) is 23.5 Å². The van der Waals surface area contributed by atoms with Crippen molar-refractivity contribution in [2.24, 2.45) is 5.73 Å². The Bertz CT molecular complexity index is 975. The number of nitrogens with zero attached hydrogens (tertiary/aromatic N) is 4. The average molecular weight is 449 g/mol. The molecule has 4 rings (SSSR count). The second kappa shape index (κ2) is 8.67. The van der Waals surface area contributed by atoms with E-state index in [-0.39, 0.29) is 18.2 Å². The van der Waals surface area contributed by atoms with E-state index in [1.165, 1.54) is 18.5 Å². The summed E-state index contributed by atoms with van der Waals surface area (Å²) < 4.78 is 38.1. The molecule has 0 radical (unpaired) electrons. The van der Waals surface area contributed by atoms with Crippen LogP contribution in [0.25, 0.3) is 0 Å². The third-order valence-electron chi connectivity index (χ3n) is 6.22. The third-order valence-corrected chi connectivity index (χ3v) is 6.22. The highest BCUT2D eigenvalue weighted by molar-refractivity contribution is 5.82. The number of nitrogens with two attached hydrogens (primary N) is 1. The molecule has 1 fully saturated rings. The van der Waals surface area contributed by atoms with Gasteiger partial charge in [0.2, 0.25) is 5.91 Å². The first kappa shape index (κ1) is 22.5. The lowest BCUT2D eigenvalue weighted by Gasteiger charge is -2.37. The Hall–Kier alpha value is -2.72. The van der Waals surface area contributed by atoms with Crippen molar-refractivity contribution < 1.29 is 23.1 Å². The maximum Gasteiger partial charge on any atom is 0.416 e. The number of piperazine rings is 1. The normalized spacial score (nSPS) is 22.1. The SMILES string of the molecule is C[C@@H]1C[C@@H](O)c2ncnc(N3CCN(C(=O)[C@H](N)Cc4ccc(C(F)(F)F)cc4)CC3)c21. The van der Waals surface area contributed by atoms with Crippen LogP contribution in [0.5, 0.6) is 0 Å². The molecule has 1 saturated heterocycles. The number of anilines is 1. The van der Waals surface area contributed by atoms with Gasteiger partial charge in [0.1, 0.15) is 12.1 Å². The average Bonchev–Trinajstić information content (AvgIpc) is 3.07. The first-order valence-electron chi connectivity index (χ1n) is 10.6. The first-order chi connectivity index (χ1) is 15.1. The van der Waals surface area contributed by atoms with E-state index in [1.54, 1.807) is 4.90 Å². The van der Waals surface area contributed by atoms with Crippen LogP contribution in [0.4, 0.5) is 19.0 Å². The van der Waals surface area contributed by atoms with Crippen molar-refractivity contribution in [1.82, 2.24) is 14.9 Å². The van der Waals surface area contributed by atoms with Gasteiger partial charge in [-0.25, -0.2) is 9.97 Å². The fraction of sp³-hybridized carbons (Fsp3) is 0.500. The highest BCUT2D eigenvalue weighted by Gasteiger charge is 2.34. The van der Waals surface area contributed by atoms with Crippen molar-refractivity contribution >= 4 is 11.7 Å². The second-order valence-electron chi connectivity index (χ2n) is 8.47. The lowest BCUT2D eigenvalue weighted by molar-refractivity contribution is -0.137. The van der Waals surface area contributed by atoms with E-state index in [2.05, 4.69) is 14.9 Å². The number of carbonyl (C=O) groups is 1. The van der Waals surface area contributed by atoms with Crippen LogP contribution in [-0.4, -0.2) is 58.1 Å². The summed E-state index contributed by atoms with van der Waals surface area (Å²) in [5.41, 5.74) is 7.59. The number of amides is 1. The summed E-state index contributed by atoms with van der Waals surface area (Å²) in [6.07, 6.45) is -2.71. The summed E-state index contributed by atoms with van der Waals surface area (Å²) in [4.78, 5) is 25.3. The maximum atomic E-state index is 12.8. The van der Waals surface area contributed by atoms with Crippen molar-refractivity contribution in [3.05, 3.63) is 53.0 Å². The molecule has 1 aromatic carbocycles. The lowest BCUT2D eigenvalue weighted by atomic mass is 10.0. The maximum absolute atomic E-state index is 12.8. The molecule has 2 heterocycles. The van der Waals surface area contributed by atoms with Crippen LogP contribution >= 0.6 is 0 Å². The molecule has 7 nitrogen and oxygen atoms in total. The molecule has 1 aromatic heterocycles. The third kappa shape index (κ3) is 4.42. The largest absolute Gasteiger partial charge is 0.416 e. The van der Waals surface area contributed by atoms with Gasteiger partial charge < -0.3 is 20.6 Å². The molecule has 1 aliphatic carbocycles. The molecule has 0 spiro atoms. The Kier molecular flexibility index (Phi) is 6.09. The van der Waals surface area contributed by atoms with E-state index in [9.17, 15) is 23.1 Å². The summed E-state index contributed by atoms with van der Waals surface area (Å²) in [6.45, 7) is 4.13. The molecular formula is C22H26F3N5O2. The van der Waals surface area contributed by atoms with Gasteiger partial charge in [0.15, 0.2) is 0 Å². The number of hydrogen-bond donors (Lipinski definition) is 2. The Morgan fingerprint density at radius 3 is 2.47 bits per heavy atom. The van der Waals surface area contributed by atoms with Gasteiger partial charge in [0, 0.05) is 31.7 Å². The topological polar surface area (TPSA) is 95.6 Å². The van der Waals surface area contributed by atoms with E-state index in [4.69, 9.17) is 5.73 Å². The van der Waals surface area contributed by atoms with Crippen LogP contribution in [-0.2, 0) is 17.4 Å². The number of hydrogen-bond acceptors (Lipinski definition) is 6. The highest BCUT2D eigenvalue weighted by Crippen LogP contribution is 2.42. The fourth-order valence-electron chi connectivity index (χ4n) is 4.50. The molecule has 0 saturated carbocycles. The smallest absolute Gasteiger partial charge is 0.387 e. The standard InChI is InChI=1S/C22H26F3N5O2/c1-13-10-17(31)19-18(13)20(28-12-27-19)29-6-8-30(9-7-29)21(32)16(26)11-14-2-4-15(5-3-14)22(23,24)25/h2-5,12-13,16-17,31H,6-11,26H2,1H3/t13-,16-,17-/m1/s1. The minimum absolute atomic E-state index is 0.160. The number of halogens is 3. The molecule has 32 heavy (non-hydrogen) atoms. The van der Waals surface area contributed by atoms with Crippen LogP contribution < -0.4 is 10.6 Å². The van der Waals surface area contributed by atoms with Gasteiger partial charge in [0.05, 0.1) is 23.4 Å². The molecule has 1 aliphatic heterocycles. The van der Waals surface area contributed by atoms with E-state index >= 15 is 0 Å². The minimum Gasteiger partial charge on any atom is -0.387 e. The van der Waals surface area contributed by atoms with Crippen molar-refractivity contribution in [1.29, 1.82) is 0 Å². The minimum atomic E-state index is -4.39. The summed E-state index contributed by atoms with van der Waals surface area (Å²) >= 11 is 0. The van der Waals surface area contributed by atoms with Gasteiger partial charge in [0.25, 0.3) is 0 Å².